The number of amides is 1. The molecule has 0 unspecified atom stereocenters. The smallest absolute Gasteiger partial charge is 0.238 e. The fraction of sp³-hybridized carbons (Fsp3) is 0.115. The van der Waals surface area contributed by atoms with Gasteiger partial charge in [0.2, 0.25) is 5.91 Å². The molecule has 3 N–H and O–H groups in total. The zero-order valence-electron chi connectivity index (χ0n) is 20.1. The van der Waals surface area contributed by atoms with Crippen LogP contribution in [0.2, 0.25) is 0 Å². The Hall–Kier alpha value is -5.03. The van der Waals surface area contributed by atoms with Crippen LogP contribution in [0, 0.1) is 0 Å². The summed E-state index contributed by atoms with van der Waals surface area (Å²) in [6.45, 7) is 0.280. The van der Waals surface area contributed by atoms with Crippen LogP contribution in [0.1, 0.15) is 0 Å². The van der Waals surface area contributed by atoms with Crippen LogP contribution in [0.3, 0.4) is 0 Å². The van der Waals surface area contributed by atoms with Gasteiger partial charge in [-0.25, -0.2) is 4.98 Å². The lowest BCUT2D eigenvalue weighted by molar-refractivity contribution is -0.116. The Bertz CT molecular complexity index is 1740. The Kier molecular flexibility index (Phi) is 5.58. The van der Waals surface area contributed by atoms with E-state index in [0.29, 0.717) is 22.9 Å². The maximum Gasteiger partial charge on any atom is 0.238 e. The normalized spacial score (nSPS) is 11.4. The molecule has 6 aromatic rings. The molecule has 0 aliphatic carbocycles. The summed E-state index contributed by atoms with van der Waals surface area (Å²) in [5.41, 5.74) is 6.90. The van der Waals surface area contributed by atoms with E-state index in [0.717, 1.165) is 38.6 Å². The number of likely N-dealkylation sites (N-methyl/N-ethyl adjacent to an activating group) is 1. The van der Waals surface area contributed by atoms with Gasteiger partial charge in [-0.15, -0.1) is 0 Å². The molecule has 37 heavy (non-hydrogen) atoms. The second-order valence-electron chi connectivity index (χ2n) is 8.85. The molecule has 11 nitrogen and oxygen atoms in total. The molecule has 182 valence electrons. The second kappa shape index (κ2) is 9.21. The van der Waals surface area contributed by atoms with E-state index in [1.54, 1.807) is 48.3 Å². The highest BCUT2D eigenvalue weighted by atomic mass is 16.2. The maximum atomic E-state index is 12.2. The summed E-state index contributed by atoms with van der Waals surface area (Å²) in [7, 11) is 3.68. The molecule has 1 amide bonds. The van der Waals surface area contributed by atoms with Crippen LogP contribution < -0.4 is 5.32 Å². The number of anilines is 1. The lowest BCUT2D eigenvalue weighted by Gasteiger charge is -2.10. The van der Waals surface area contributed by atoms with Crippen molar-refractivity contribution in [3.05, 3.63) is 67.6 Å². The first-order valence-corrected chi connectivity index (χ1v) is 11.5. The zero-order chi connectivity index (χ0) is 25.4. The molecule has 0 aliphatic heterocycles. The topological polar surface area (TPSA) is 141 Å². The van der Waals surface area contributed by atoms with Crippen molar-refractivity contribution in [2.75, 3.05) is 26.0 Å². The van der Waals surface area contributed by atoms with E-state index in [1.807, 2.05) is 38.4 Å². The average Bonchev–Trinajstić information content (AvgIpc) is 3.52. The second-order valence-corrected chi connectivity index (χ2v) is 8.85. The maximum absolute atomic E-state index is 12.2. The van der Waals surface area contributed by atoms with Crippen molar-refractivity contribution in [1.29, 1.82) is 0 Å². The quantitative estimate of drug-likeness (QED) is 0.322. The van der Waals surface area contributed by atoms with Gasteiger partial charge in [0, 0.05) is 46.9 Å². The average molecular weight is 491 g/mol. The van der Waals surface area contributed by atoms with Crippen LogP contribution in [0.25, 0.3) is 55.8 Å². The van der Waals surface area contributed by atoms with Gasteiger partial charge in [-0.2, -0.15) is 5.10 Å². The number of aromatic nitrogens is 8. The van der Waals surface area contributed by atoms with Crippen LogP contribution in [0.5, 0.6) is 0 Å². The number of hydrogen-bond donors (Lipinski definition) is 3. The van der Waals surface area contributed by atoms with E-state index in [9.17, 15) is 4.79 Å². The summed E-state index contributed by atoms with van der Waals surface area (Å²) < 4.78 is 0. The summed E-state index contributed by atoms with van der Waals surface area (Å²) in [5, 5.41) is 11.3. The highest BCUT2D eigenvalue weighted by Gasteiger charge is 2.17. The predicted molar refractivity (Wildman–Crippen MR) is 140 cm³/mol. The van der Waals surface area contributed by atoms with Gasteiger partial charge in [0.15, 0.2) is 5.82 Å². The van der Waals surface area contributed by atoms with Crippen LogP contribution >= 0.6 is 0 Å². The number of nitrogens with zero attached hydrogens (tertiary/aromatic N) is 7. The minimum Gasteiger partial charge on any atom is -0.335 e. The Morgan fingerprint density at radius 3 is 2.68 bits per heavy atom. The highest BCUT2D eigenvalue weighted by Crippen LogP contribution is 2.32. The lowest BCUT2D eigenvalue weighted by atomic mass is 10.1. The van der Waals surface area contributed by atoms with Crippen LogP contribution in [-0.4, -0.2) is 71.5 Å². The third-order valence-corrected chi connectivity index (χ3v) is 5.82. The zero-order valence-corrected chi connectivity index (χ0v) is 20.1. The molecule has 6 aromatic heterocycles. The lowest BCUT2D eigenvalue weighted by Crippen LogP contribution is -2.27. The minimum atomic E-state index is -0.116. The number of H-pyrrole nitrogens is 2. The number of pyridine rings is 4. The molecule has 0 spiro atoms. The standard InChI is InChI=1S/C26H22N10O/c1-36(2)14-23(37)31-17-6-16(9-28-10-17)20-7-18-21(13-30-20)34-35-25(18)26-32-22-12-29-11-19(24(22)33-26)15-4-3-5-27-8-15/h3-13H,14H2,1-2H3,(H,31,37)(H,32,33)(H,34,35). The molecule has 0 aromatic carbocycles. The van der Waals surface area contributed by atoms with Crippen molar-refractivity contribution in [1.82, 2.24) is 45.0 Å². The molecule has 0 fully saturated rings. The summed E-state index contributed by atoms with van der Waals surface area (Å²) >= 11 is 0. The number of aromatic amines is 2. The highest BCUT2D eigenvalue weighted by molar-refractivity contribution is 5.97. The third-order valence-electron chi connectivity index (χ3n) is 5.82. The molecular weight excluding hydrogens is 468 g/mol. The number of rotatable bonds is 6. The van der Waals surface area contributed by atoms with Gasteiger partial charge in [0.1, 0.15) is 11.2 Å². The molecule has 0 radical (unpaired) electrons. The summed E-state index contributed by atoms with van der Waals surface area (Å²) in [4.78, 5) is 39.6. The molecular formula is C26H22N10O. The molecule has 0 aliphatic rings. The predicted octanol–water partition coefficient (Wildman–Crippen LogP) is 3.52. The minimum absolute atomic E-state index is 0.116. The number of imidazole rings is 1. The SMILES string of the molecule is CN(C)CC(=O)Nc1cncc(-c2cc3c(-c4nc5c(-c6cccnc6)cncc5[nH]4)n[nH]c3cn2)c1. The molecule has 11 heteroatoms. The first-order chi connectivity index (χ1) is 18.0. The van der Waals surface area contributed by atoms with E-state index >= 15 is 0 Å². The van der Waals surface area contributed by atoms with Crippen LogP contribution in [-0.2, 0) is 4.79 Å². The van der Waals surface area contributed by atoms with Gasteiger partial charge in [-0.3, -0.25) is 29.8 Å². The first kappa shape index (κ1) is 22.4. The Balaban J connectivity index is 1.38. The molecule has 0 atom stereocenters. The van der Waals surface area contributed by atoms with Crippen molar-refractivity contribution in [3.63, 3.8) is 0 Å². The van der Waals surface area contributed by atoms with Crippen molar-refractivity contribution in [3.8, 4) is 33.9 Å². The first-order valence-electron chi connectivity index (χ1n) is 11.5. The molecule has 0 saturated carbocycles. The van der Waals surface area contributed by atoms with Crippen molar-refractivity contribution in [2.45, 2.75) is 0 Å². The number of hydrogen-bond acceptors (Lipinski definition) is 8. The summed E-state index contributed by atoms with van der Waals surface area (Å²) in [6, 6.07) is 7.64. The Labute approximate surface area is 211 Å². The Morgan fingerprint density at radius 1 is 0.973 bits per heavy atom. The van der Waals surface area contributed by atoms with E-state index in [1.165, 1.54) is 0 Å². The molecule has 6 heterocycles. The number of nitrogens with one attached hydrogen (secondary N) is 3. The van der Waals surface area contributed by atoms with Crippen LogP contribution in [0.15, 0.2) is 67.6 Å². The van der Waals surface area contributed by atoms with Gasteiger partial charge < -0.3 is 15.2 Å². The number of carbonyl (C=O) groups excluding carboxylic acids is 1. The number of fused-ring (bicyclic) bond motifs is 2. The number of carbonyl (C=O) groups is 1. The van der Waals surface area contributed by atoms with E-state index in [4.69, 9.17) is 4.98 Å². The van der Waals surface area contributed by atoms with Gasteiger partial charge >= 0.3 is 0 Å². The van der Waals surface area contributed by atoms with Crippen molar-refractivity contribution >= 4 is 33.5 Å². The summed E-state index contributed by atoms with van der Waals surface area (Å²) in [6.07, 6.45) is 12.1. The molecule has 6 rings (SSSR count). The van der Waals surface area contributed by atoms with Crippen molar-refractivity contribution < 1.29 is 4.79 Å². The van der Waals surface area contributed by atoms with E-state index in [-0.39, 0.29) is 12.5 Å². The molecule has 0 saturated heterocycles. The van der Waals surface area contributed by atoms with Gasteiger partial charge in [-0.1, -0.05) is 6.07 Å². The van der Waals surface area contributed by atoms with Crippen LogP contribution in [0.4, 0.5) is 5.69 Å². The Morgan fingerprint density at radius 2 is 1.84 bits per heavy atom. The molecule has 0 bridgehead atoms. The largest absolute Gasteiger partial charge is 0.335 e. The van der Waals surface area contributed by atoms with Gasteiger partial charge in [-0.05, 0) is 32.3 Å². The van der Waals surface area contributed by atoms with E-state index in [2.05, 4.69) is 40.4 Å². The van der Waals surface area contributed by atoms with Crippen molar-refractivity contribution in [2.24, 2.45) is 0 Å². The fourth-order valence-corrected chi connectivity index (χ4v) is 4.17. The van der Waals surface area contributed by atoms with Gasteiger partial charge in [0.25, 0.3) is 0 Å². The van der Waals surface area contributed by atoms with E-state index < -0.39 is 0 Å². The fourth-order valence-electron chi connectivity index (χ4n) is 4.17. The van der Waals surface area contributed by atoms with Gasteiger partial charge in [0.05, 0.1) is 47.6 Å². The monoisotopic (exact) mass is 490 g/mol. The third kappa shape index (κ3) is 4.39. The summed E-state index contributed by atoms with van der Waals surface area (Å²) in [5.74, 6) is 0.494.